The Labute approximate surface area is 107 Å². The molecule has 1 rings (SSSR count). The maximum atomic E-state index is 10.9. The molecule has 0 bridgehead atoms. The maximum absolute atomic E-state index is 10.9. The molecule has 1 aromatic carbocycles. The molecular weight excluding hydrogens is 224 g/mol. The number of hydrogen-bond donors (Lipinski definition) is 0. The average molecular weight is 234 g/mol. The Kier molecular flexibility index (Phi) is 6.06. The van der Waals surface area contributed by atoms with Gasteiger partial charge in [0.2, 0.25) is 0 Å². The first-order valence-corrected chi connectivity index (χ1v) is 5.16. The molecule has 18 heavy (non-hydrogen) atoms. The van der Waals surface area contributed by atoms with Crippen LogP contribution in [0, 0.1) is 36.0 Å². The van der Waals surface area contributed by atoms with Crippen molar-refractivity contribution < 1.29 is 9.53 Å². The first kappa shape index (κ1) is 13.2. The van der Waals surface area contributed by atoms with Crippen LogP contribution in [0.2, 0.25) is 0 Å². The average Bonchev–Trinajstić information content (AvgIpc) is 2.41. The summed E-state index contributed by atoms with van der Waals surface area (Å²) in [7, 11) is 0. The second-order valence-electron chi connectivity index (χ2n) is 3.03. The highest BCUT2D eigenvalue weighted by molar-refractivity contribution is 5.82. The van der Waals surface area contributed by atoms with Gasteiger partial charge >= 0.3 is 5.97 Å². The highest BCUT2D eigenvalue weighted by Crippen LogP contribution is 1.93. The van der Waals surface area contributed by atoms with Gasteiger partial charge in [-0.15, -0.1) is 6.42 Å². The van der Waals surface area contributed by atoms with Crippen molar-refractivity contribution in [2.24, 2.45) is 0 Å². The number of hydrogen-bond acceptors (Lipinski definition) is 2. The highest BCUT2D eigenvalue weighted by Gasteiger charge is 1.91. The van der Waals surface area contributed by atoms with Gasteiger partial charge in [-0.2, -0.15) is 0 Å². The molecule has 0 saturated heterocycles. The van der Waals surface area contributed by atoms with Gasteiger partial charge in [-0.05, 0) is 36.0 Å². The molecular formula is C16H10O2. The largest absolute Gasteiger partial charge is 0.449 e. The lowest BCUT2D eigenvalue weighted by molar-refractivity contribution is -0.136. The lowest BCUT2D eigenvalue weighted by Crippen LogP contribution is -1.99. The number of rotatable bonds is 2. The first-order valence-electron chi connectivity index (χ1n) is 5.16. The summed E-state index contributed by atoms with van der Waals surface area (Å²) in [5, 5.41) is 0. The molecule has 0 atom stereocenters. The number of allylic oxidation sites excluding steroid dienone is 1. The molecule has 0 radical (unpaired) electrons. The third kappa shape index (κ3) is 5.86. The van der Waals surface area contributed by atoms with Crippen molar-refractivity contribution in [2.45, 2.75) is 0 Å². The quantitative estimate of drug-likeness (QED) is 0.443. The van der Waals surface area contributed by atoms with Gasteiger partial charge in [0.1, 0.15) is 0 Å². The molecule has 0 aliphatic carbocycles. The molecule has 0 fully saturated rings. The summed E-state index contributed by atoms with van der Waals surface area (Å²) < 4.78 is 4.73. The Hall–Kier alpha value is -2.89. The summed E-state index contributed by atoms with van der Waals surface area (Å²) >= 11 is 0. The van der Waals surface area contributed by atoms with Crippen molar-refractivity contribution in [1.29, 1.82) is 0 Å². The molecule has 0 spiro atoms. The topological polar surface area (TPSA) is 26.3 Å². The van der Waals surface area contributed by atoms with E-state index in [1.165, 1.54) is 6.08 Å². The van der Waals surface area contributed by atoms with Crippen molar-refractivity contribution in [1.82, 2.24) is 0 Å². The minimum Gasteiger partial charge on any atom is -0.449 e. The van der Waals surface area contributed by atoms with E-state index in [4.69, 9.17) is 11.2 Å². The van der Waals surface area contributed by atoms with Gasteiger partial charge in [0.25, 0.3) is 0 Å². The van der Waals surface area contributed by atoms with Crippen LogP contribution in [0.4, 0.5) is 0 Å². The van der Waals surface area contributed by atoms with Crippen molar-refractivity contribution in [3.05, 3.63) is 48.0 Å². The molecule has 86 valence electrons. The van der Waals surface area contributed by atoms with Gasteiger partial charge < -0.3 is 4.74 Å². The van der Waals surface area contributed by atoms with Gasteiger partial charge in [-0.25, -0.2) is 4.79 Å². The Bertz CT molecular complexity index is 581. The van der Waals surface area contributed by atoms with Crippen molar-refractivity contribution >= 4 is 5.97 Å². The number of terminal acetylenes is 1. The van der Waals surface area contributed by atoms with E-state index >= 15 is 0 Å². The molecule has 0 amide bonds. The molecule has 0 N–H and O–H groups in total. The summed E-state index contributed by atoms with van der Waals surface area (Å²) in [6.07, 6.45) is 7.37. The van der Waals surface area contributed by atoms with E-state index in [9.17, 15) is 4.79 Å². The SMILES string of the molecule is C#C/C=C/C(=O)OCC#CC#Cc1ccccc1. The van der Waals surface area contributed by atoms with Crippen LogP contribution in [0.5, 0.6) is 0 Å². The van der Waals surface area contributed by atoms with Crippen molar-refractivity contribution in [3.8, 4) is 36.0 Å². The van der Waals surface area contributed by atoms with Crippen LogP contribution >= 0.6 is 0 Å². The van der Waals surface area contributed by atoms with Crippen LogP contribution in [-0.2, 0) is 9.53 Å². The zero-order valence-corrected chi connectivity index (χ0v) is 9.64. The Morgan fingerprint density at radius 1 is 1.28 bits per heavy atom. The summed E-state index contributed by atoms with van der Waals surface area (Å²) in [6.45, 7) is -0.00276. The molecule has 2 nitrogen and oxygen atoms in total. The van der Waals surface area contributed by atoms with E-state index < -0.39 is 5.97 Å². The maximum Gasteiger partial charge on any atom is 0.332 e. The normalized spacial score (nSPS) is 8.39. The standard InChI is InChI=1S/C16H10O2/c1-2-3-13-16(17)18-14-9-5-8-12-15-10-6-4-7-11-15/h1,3-4,6-7,10-11,13H,14H2/b13-3+. The molecule has 2 heteroatoms. The lowest BCUT2D eigenvalue weighted by atomic mass is 10.2. The van der Waals surface area contributed by atoms with Crippen molar-refractivity contribution in [2.75, 3.05) is 6.61 Å². The van der Waals surface area contributed by atoms with E-state index in [2.05, 4.69) is 29.6 Å². The zero-order chi connectivity index (χ0) is 13.1. The van der Waals surface area contributed by atoms with E-state index in [1.54, 1.807) is 0 Å². The van der Waals surface area contributed by atoms with Crippen LogP contribution < -0.4 is 0 Å². The third-order valence-corrected chi connectivity index (χ3v) is 1.73. The summed E-state index contributed by atoms with van der Waals surface area (Å²) in [5.41, 5.74) is 0.890. The van der Waals surface area contributed by atoms with E-state index in [0.717, 1.165) is 11.6 Å². The molecule has 0 aliphatic rings. The number of benzene rings is 1. The number of ether oxygens (including phenoxy) is 1. The fraction of sp³-hybridized carbons (Fsp3) is 0.0625. The van der Waals surface area contributed by atoms with Gasteiger partial charge in [0, 0.05) is 11.6 Å². The Morgan fingerprint density at radius 3 is 2.78 bits per heavy atom. The Morgan fingerprint density at radius 2 is 2.06 bits per heavy atom. The van der Waals surface area contributed by atoms with E-state index in [-0.39, 0.29) is 6.61 Å². The number of esters is 1. The minimum absolute atomic E-state index is 0.00276. The van der Waals surface area contributed by atoms with Gasteiger partial charge in [0.05, 0.1) is 0 Å². The predicted molar refractivity (Wildman–Crippen MR) is 70.0 cm³/mol. The fourth-order valence-electron chi connectivity index (χ4n) is 0.977. The highest BCUT2D eigenvalue weighted by atomic mass is 16.5. The molecule has 0 saturated carbocycles. The first-order chi connectivity index (χ1) is 8.83. The van der Waals surface area contributed by atoms with Gasteiger partial charge in [-0.1, -0.05) is 30.0 Å². The van der Waals surface area contributed by atoms with Gasteiger partial charge in [0.15, 0.2) is 6.61 Å². The molecule has 0 aliphatic heterocycles. The van der Waals surface area contributed by atoms with Crippen LogP contribution in [0.3, 0.4) is 0 Å². The Balaban J connectivity index is 2.36. The number of carbonyl (C=O) groups is 1. The zero-order valence-electron chi connectivity index (χ0n) is 9.64. The third-order valence-electron chi connectivity index (χ3n) is 1.73. The molecule has 0 aromatic heterocycles. The molecule has 0 unspecified atom stereocenters. The van der Waals surface area contributed by atoms with Crippen LogP contribution in [0.1, 0.15) is 5.56 Å². The van der Waals surface area contributed by atoms with Crippen LogP contribution in [0.25, 0.3) is 0 Å². The predicted octanol–water partition coefficient (Wildman–Crippen LogP) is 1.77. The molecule has 0 heterocycles. The second-order valence-corrected chi connectivity index (χ2v) is 3.03. The fourth-order valence-corrected chi connectivity index (χ4v) is 0.977. The minimum atomic E-state index is -0.515. The summed E-state index contributed by atoms with van der Waals surface area (Å²) in [6, 6.07) is 9.49. The smallest absolute Gasteiger partial charge is 0.332 e. The van der Waals surface area contributed by atoms with E-state index in [0.29, 0.717) is 0 Å². The second kappa shape index (κ2) is 8.28. The molecule has 1 aromatic rings. The monoisotopic (exact) mass is 234 g/mol. The lowest BCUT2D eigenvalue weighted by Gasteiger charge is -1.91. The van der Waals surface area contributed by atoms with E-state index in [1.807, 2.05) is 30.3 Å². The van der Waals surface area contributed by atoms with Crippen LogP contribution in [0.15, 0.2) is 42.5 Å². The van der Waals surface area contributed by atoms with Crippen LogP contribution in [-0.4, -0.2) is 12.6 Å². The summed E-state index contributed by atoms with van der Waals surface area (Å²) in [4.78, 5) is 10.9. The van der Waals surface area contributed by atoms with Crippen molar-refractivity contribution in [3.63, 3.8) is 0 Å². The number of carbonyl (C=O) groups excluding carboxylic acids is 1. The van der Waals surface area contributed by atoms with Gasteiger partial charge in [-0.3, -0.25) is 0 Å². The summed E-state index contributed by atoms with van der Waals surface area (Å²) in [5.74, 6) is 12.4.